The lowest BCUT2D eigenvalue weighted by molar-refractivity contribution is 0.0729. The number of anilines is 5. The Hall–Kier alpha value is -5.77. The van der Waals surface area contributed by atoms with Gasteiger partial charge < -0.3 is 20.1 Å². The summed E-state index contributed by atoms with van der Waals surface area (Å²) in [6.07, 6.45) is 1.58. The third-order valence-electron chi connectivity index (χ3n) is 5.72. The molecular weight excluding hydrogens is 518 g/mol. The van der Waals surface area contributed by atoms with Crippen LogP contribution in [-0.4, -0.2) is 34.2 Å². The van der Waals surface area contributed by atoms with Crippen molar-refractivity contribution in [3.8, 4) is 11.5 Å². The normalized spacial score (nSPS) is 10.7. The molecule has 0 unspecified atom stereocenters. The van der Waals surface area contributed by atoms with Gasteiger partial charge in [-0.2, -0.15) is 20.1 Å². The highest BCUT2D eigenvalue weighted by atomic mass is 16.6. The average Bonchev–Trinajstić information content (AvgIpc) is 2.99. The second kappa shape index (κ2) is 12.9. The van der Waals surface area contributed by atoms with Gasteiger partial charge in [0.05, 0.1) is 18.9 Å². The number of hydrogen-bond acceptors (Lipinski definition) is 10. The summed E-state index contributed by atoms with van der Waals surface area (Å²) in [5.74, 6) is 1.12. The zero-order valence-electron chi connectivity index (χ0n) is 22.4. The third kappa shape index (κ3) is 7.42. The molecule has 5 aromatic rings. The summed E-state index contributed by atoms with van der Waals surface area (Å²) in [6.45, 7) is 1.91. The molecule has 1 aromatic heterocycles. The van der Waals surface area contributed by atoms with Crippen LogP contribution in [-0.2, 0) is 0 Å². The smallest absolute Gasteiger partial charge is 0.343 e. The summed E-state index contributed by atoms with van der Waals surface area (Å²) < 4.78 is 11.0. The molecule has 10 nitrogen and oxygen atoms in total. The number of rotatable bonds is 10. The Balaban J connectivity index is 1.32. The molecule has 0 aliphatic carbocycles. The molecule has 0 aliphatic heterocycles. The van der Waals surface area contributed by atoms with Gasteiger partial charge in [-0.3, -0.25) is 0 Å². The number of para-hydroxylation sites is 2. The lowest BCUT2D eigenvalue weighted by atomic mass is 10.1. The van der Waals surface area contributed by atoms with Crippen LogP contribution < -0.4 is 25.5 Å². The summed E-state index contributed by atoms with van der Waals surface area (Å²) in [5, 5.41) is 10.6. The number of benzene rings is 4. The molecule has 1 heterocycles. The van der Waals surface area contributed by atoms with Gasteiger partial charge in [-0.1, -0.05) is 54.1 Å². The Morgan fingerprint density at radius 3 is 1.98 bits per heavy atom. The molecule has 0 amide bonds. The van der Waals surface area contributed by atoms with E-state index in [0.717, 1.165) is 16.9 Å². The molecule has 0 saturated heterocycles. The highest BCUT2D eigenvalue weighted by molar-refractivity contribution is 5.92. The zero-order chi connectivity index (χ0) is 28.4. The topological polar surface area (TPSA) is 123 Å². The molecule has 4 aromatic carbocycles. The van der Waals surface area contributed by atoms with Gasteiger partial charge in [-0.05, 0) is 67.1 Å². The van der Waals surface area contributed by atoms with Crippen LogP contribution in [0.1, 0.15) is 21.5 Å². The van der Waals surface area contributed by atoms with Crippen LogP contribution in [0.5, 0.6) is 11.5 Å². The Bertz CT molecular complexity index is 1600. The van der Waals surface area contributed by atoms with Gasteiger partial charge in [0, 0.05) is 11.4 Å². The summed E-state index contributed by atoms with van der Waals surface area (Å²) in [5.41, 5.74) is 6.64. The van der Waals surface area contributed by atoms with E-state index in [0.29, 0.717) is 34.5 Å². The molecule has 41 heavy (non-hydrogen) atoms. The number of nitrogens with one attached hydrogen (secondary N) is 3. The van der Waals surface area contributed by atoms with Crippen LogP contribution >= 0.6 is 0 Å². The van der Waals surface area contributed by atoms with Gasteiger partial charge in [0.1, 0.15) is 0 Å². The fourth-order valence-corrected chi connectivity index (χ4v) is 3.78. The first-order valence-electron chi connectivity index (χ1n) is 12.7. The fourth-order valence-electron chi connectivity index (χ4n) is 3.78. The first-order valence-corrected chi connectivity index (χ1v) is 12.7. The number of hydrogen-bond donors (Lipinski definition) is 3. The van der Waals surface area contributed by atoms with Gasteiger partial charge in [0.25, 0.3) is 0 Å². The highest BCUT2D eigenvalue weighted by Crippen LogP contribution is 2.28. The Kier molecular flexibility index (Phi) is 8.41. The van der Waals surface area contributed by atoms with Crippen LogP contribution in [0.15, 0.2) is 108 Å². The number of methoxy groups -OCH3 is 1. The molecular formula is C31H27N7O3. The highest BCUT2D eigenvalue weighted by Gasteiger charge is 2.13. The van der Waals surface area contributed by atoms with Crippen molar-refractivity contribution in [1.29, 1.82) is 0 Å². The van der Waals surface area contributed by atoms with Gasteiger partial charge in [0.15, 0.2) is 11.5 Å². The predicted octanol–water partition coefficient (Wildman–Crippen LogP) is 6.34. The van der Waals surface area contributed by atoms with E-state index < -0.39 is 5.97 Å². The van der Waals surface area contributed by atoms with Crippen LogP contribution in [0, 0.1) is 6.92 Å². The van der Waals surface area contributed by atoms with E-state index >= 15 is 0 Å². The zero-order valence-corrected chi connectivity index (χ0v) is 22.4. The molecule has 0 atom stereocenters. The lowest BCUT2D eigenvalue weighted by Crippen LogP contribution is -2.09. The summed E-state index contributed by atoms with van der Waals surface area (Å²) in [6, 6.07) is 31.5. The van der Waals surface area contributed by atoms with Gasteiger partial charge in [-0.25, -0.2) is 10.2 Å². The first kappa shape index (κ1) is 26.8. The Morgan fingerprint density at radius 1 is 0.732 bits per heavy atom. The van der Waals surface area contributed by atoms with E-state index in [1.807, 2.05) is 79.7 Å². The number of carbonyl (C=O) groups excluding carboxylic acids is 1. The summed E-state index contributed by atoms with van der Waals surface area (Å²) >= 11 is 0. The molecule has 0 aliphatic rings. The van der Waals surface area contributed by atoms with E-state index in [4.69, 9.17) is 9.47 Å². The van der Waals surface area contributed by atoms with Crippen molar-refractivity contribution >= 4 is 41.4 Å². The molecule has 0 spiro atoms. The quantitative estimate of drug-likeness (QED) is 0.0798. The minimum atomic E-state index is -0.468. The van der Waals surface area contributed by atoms with E-state index in [1.165, 1.54) is 7.11 Å². The number of esters is 1. The van der Waals surface area contributed by atoms with Gasteiger partial charge in [0.2, 0.25) is 17.8 Å². The number of aryl methyl sites for hydroxylation is 1. The van der Waals surface area contributed by atoms with Crippen molar-refractivity contribution in [3.63, 3.8) is 0 Å². The number of aromatic nitrogens is 3. The average molecular weight is 546 g/mol. The Morgan fingerprint density at radius 2 is 1.37 bits per heavy atom. The third-order valence-corrected chi connectivity index (χ3v) is 5.72. The Labute approximate surface area is 237 Å². The minimum Gasteiger partial charge on any atom is -0.493 e. The maximum atomic E-state index is 12.6. The van der Waals surface area contributed by atoms with Crippen LogP contribution in [0.3, 0.4) is 0 Å². The standard InChI is InChI=1S/C31H27N7O3/c1-21-10-9-11-23(18-21)28(39)41-26-17-16-22(19-27(26)40-2)20-32-38-31-36-29(33-24-12-5-3-6-13-24)35-30(37-31)34-25-14-7-4-8-15-25/h3-20H,1-2H3,(H3,33,34,35,36,37,38)/b32-20+. The van der Waals surface area contributed by atoms with Gasteiger partial charge in [-0.15, -0.1) is 0 Å². The van der Waals surface area contributed by atoms with E-state index in [2.05, 4.69) is 36.1 Å². The molecule has 5 rings (SSSR count). The molecule has 0 radical (unpaired) electrons. The largest absolute Gasteiger partial charge is 0.493 e. The fraction of sp³-hybridized carbons (Fsp3) is 0.0645. The summed E-state index contributed by atoms with van der Waals surface area (Å²) in [7, 11) is 1.51. The van der Waals surface area contributed by atoms with Gasteiger partial charge >= 0.3 is 5.97 Å². The number of hydrazone groups is 1. The predicted molar refractivity (Wildman–Crippen MR) is 160 cm³/mol. The first-order chi connectivity index (χ1) is 20.1. The van der Waals surface area contributed by atoms with Crippen molar-refractivity contribution in [1.82, 2.24) is 15.0 Å². The SMILES string of the molecule is COc1cc(/C=N/Nc2nc(Nc3ccccc3)nc(Nc3ccccc3)n2)ccc1OC(=O)c1cccc(C)c1. The van der Waals surface area contributed by atoms with Crippen molar-refractivity contribution in [2.45, 2.75) is 6.92 Å². The molecule has 0 bridgehead atoms. The lowest BCUT2D eigenvalue weighted by Gasteiger charge is -2.11. The maximum absolute atomic E-state index is 12.6. The molecule has 0 fully saturated rings. The summed E-state index contributed by atoms with van der Waals surface area (Å²) in [4.78, 5) is 25.9. The van der Waals surface area contributed by atoms with Crippen LogP contribution in [0.25, 0.3) is 0 Å². The van der Waals surface area contributed by atoms with Crippen molar-refractivity contribution in [2.75, 3.05) is 23.2 Å². The van der Waals surface area contributed by atoms with Crippen molar-refractivity contribution < 1.29 is 14.3 Å². The monoisotopic (exact) mass is 545 g/mol. The molecule has 204 valence electrons. The molecule has 0 saturated carbocycles. The van der Waals surface area contributed by atoms with E-state index in [1.54, 1.807) is 36.5 Å². The van der Waals surface area contributed by atoms with E-state index in [9.17, 15) is 4.79 Å². The van der Waals surface area contributed by atoms with Crippen molar-refractivity contribution in [3.05, 3.63) is 120 Å². The van der Waals surface area contributed by atoms with Crippen molar-refractivity contribution in [2.24, 2.45) is 5.10 Å². The minimum absolute atomic E-state index is 0.226. The molecule has 10 heteroatoms. The van der Waals surface area contributed by atoms with Crippen LogP contribution in [0.2, 0.25) is 0 Å². The van der Waals surface area contributed by atoms with Crippen LogP contribution in [0.4, 0.5) is 29.2 Å². The number of nitrogens with zero attached hydrogens (tertiary/aromatic N) is 4. The maximum Gasteiger partial charge on any atom is 0.343 e. The number of ether oxygens (including phenoxy) is 2. The second-order valence-electron chi connectivity index (χ2n) is 8.83. The second-order valence-corrected chi connectivity index (χ2v) is 8.83. The molecule has 3 N–H and O–H groups in total. The van der Waals surface area contributed by atoms with E-state index in [-0.39, 0.29) is 5.95 Å². The number of carbonyl (C=O) groups is 1.